The molecule has 0 saturated carbocycles. The van der Waals surface area contributed by atoms with Gasteiger partial charge < -0.3 is 10.0 Å². The van der Waals surface area contributed by atoms with Gasteiger partial charge in [-0.2, -0.15) is 0 Å². The fraction of sp³-hybridized carbons (Fsp3) is 0.462. The fourth-order valence-corrected chi connectivity index (χ4v) is 2.44. The van der Waals surface area contributed by atoms with Crippen LogP contribution >= 0.6 is 0 Å². The van der Waals surface area contributed by atoms with Gasteiger partial charge in [-0.05, 0) is 25.0 Å². The van der Waals surface area contributed by atoms with Crippen LogP contribution in [0.4, 0.5) is 5.82 Å². The van der Waals surface area contributed by atoms with E-state index >= 15 is 0 Å². The largest absolute Gasteiger partial charge is 0.476 e. The second-order valence-electron chi connectivity index (χ2n) is 4.83. The van der Waals surface area contributed by atoms with Gasteiger partial charge in [-0.15, -0.1) is 5.10 Å². The van der Waals surface area contributed by atoms with E-state index in [4.69, 9.17) is 5.11 Å². The molecule has 0 bridgehead atoms. The van der Waals surface area contributed by atoms with E-state index < -0.39 is 5.97 Å². The van der Waals surface area contributed by atoms with E-state index in [0.29, 0.717) is 5.65 Å². The van der Waals surface area contributed by atoms with Crippen molar-refractivity contribution in [3.05, 3.63) is 24.0 Å². The molecule has 0 unspecified atom stereocenters. The summed E-state index contributed by atoms with van der Waals surface area (Å²) in [6.07, 6.45) is 6.37. The minimum atomic E-state index is -1.03. The number of aromatic carboxylic acids is 1. The van der Waals surface area contributed by atoms with E-state index in [2.05, 4.69) is 15.0 Å². The molecule has 19 heavy (non-hydrogen) atoms. The minimum absolute atomic E-state index is 0.0283. The predicted octanol–water partition coefficient (Wildman–Crippen LogP) is 1.81. The number of carbonyl (C=O) groups is 1. The highest BCUT2D eigenvalue weighted by atomic mass is 16.4. The first-order valence-electron chi connectivity index (χ1n) is 6.59. The molecule has 6 heteroatoms. The number of aromatic nitrogens is 3. The van der Waals surface area contributed by atoms with Crippen LogP contribution in [0.3, 0.4) is 0 Å². The molecule has 0 spiro atoms. The molecule has 100 valence electrons. The van der Waals surface area contributed by atoms with E-state index in [1.54, 1.807) is 4.52 Å². The molecule has 3 rings (SSSR count). The highest BCUT2D eigenvalue weighted by Gasteiger charge is 2.14. The van der Waals surface area contributed by atoms with E-state index in [0.717, 1.165) is 18.9 Å². The Labute approximate surface area is 110 Å². The number of carboxylic acids is 1. The Kier molecular flexibility index (Phi) is 3.06. The summed E-state index contributed by atoms with van der Waals surface area (Å²) < 4.78 is 1.55. The number of hydrogen-bond donors (Lipinski definition) is 1. The van der Waals surface area contributed by atoms with E-state index in [1.165, 1.54) is 31.9 Å². The second-order valence-corrected chi connectivity index (χ2v) is 4.83. The lowest BCUT2D eigenvalue weighted by molar-refractivity contribution is 0.0691. The number of anilines is 1. The van der Waals surface area contributed by atoms with Gasteiger partial charge in [0, 0.05) is 13.1 Å². The van der Waals surface area contributed by atoms with Crippen LogP contribution in [0.2, 0.25) is 0 Å². The molecule has 6 nitrogen and oxygen atoms in total. The molecule has 0 radical (unpaired) electrons. The maximum absolute atomic E-state index is 10.9. The van der Waals surface area contributed by atoms with Crippen LogP contribution in [-0.4, -0.2) is 38.8 Å². The number of nitrogens with zero attached hydrogens (tertiary/aromatic N) is 4. The van der Waals surface area contributed by atoms with Gasteiger partial charge in [0.2, 0.25) is 0 Å². The first-order valence-corrected chi connectivity index (χ1v) is 6.59. The zero-order valence-corrected chi connectivity index (χ0v) is 10.6. The third kappa shape index (κ3) is 2.38. The normalized spacial score (nSPS) is 16.5. The first-order chi connectivity index (χ1) is 9.24. The Morgan fingerprint density at radius 1 is 1.16 bits per heavy atom. The van der Waals surface area contributed by atoms with Crippen molar-refractivity contribution >= 4 is 17.4 Å². The van der Waals surface area contributed by atoms with Crippen molar-refractivity contribution in [1.82, 2.24) is 14.6 Å². The van der Waals surface area contributed by atoms with Crippen LogP contribution in [0.5, 0.6) is 0 Å². The van der Waals surface area contributed by atoms with Gasteiger partial charge in [0.05, 0.1) is 6.20 Å². The van der Waals surface area contributed by atoms with Gasteiger partial charge in [-0.25, -0.2) is 14.3 Å². The summed E-state index contributed by atoms with van der Waals surface area (Å²) in [5.41, 5.74) is 0.594. The Morgan fingerprint density at radius 2 is 1.89 bits per heavy atom. The molecule has 3 heterocycles. The van der Waals surface area contributed by atoms with Crippen LogP contribution < -0.4 is 4.90 Å². The third-order valence-corrected chi connectivity index (χ3v) is 3.46. The van der Waals surface area contributed by atoms with Crippen molar-refractivity contribution in [2.45, 2.75) is 25.7 Å². The number of hydrogen-bond acceptors (Lipinski definition) is 4. The second kappa shape index (κ2) is 4.87. The number of rotatable bonds is 2. The van der Waals surface area contributed by atoms with E-state index in [9.17, 15) is 4.79 Å². The van der Waals surface area contributed by atoms with Crippen molar-refractivity contribution in [2.75, 3.05) is 18.0 Å². The topological polar surface area (TPSA) is 70.7 Å². The predicted molar refractivity (Wildman–Crippen MR) is 70.6 cm³/mol. The number of fused-ring (bicyclic) bond motifs is 1. The zero-order valence-electron chi connectivity index (χ0n) is 10.6. The average Bonchev–Trinajstić information content (AvgIpc) is 2.64. The highest BCUT2D eigenvalue weighted by Crippen LogP contribution is 2.17. The van der Waals surface area contributed by atoms with Crippen LogP contribution in [0.15, 0.2) is 18.3 Å². The van der Waals surface area contributed by atoms with Crippen LogP contribution in [0.1, 0.15) is 36.2 Å². The van der Waals surface area contributed by atoms with Crippen molar-refractivity contribution < 1.29 is 9.90 Å². The quantitative estimate of drug-likeness (QED) is 0.891. The van der Waals surface area contributed by atoms with Crippen molar-refractivity contribution in [2.24, 2.45) is 0 Å². The summed E-state index contributed by atoms with van der Waals surface area (Å²) >= 11 is 0. The summed E-state index contributed by atoms with van der Waals surface area (Å²) in [6, 6.07) is 3.74. The summed E-state index contributed by atoms with van der Waals surface area (Å²) in [5.74, 6) is -0.134. The maximum Gasteiger partial charge on any atom is 0.356 e. The summed E-state index contributed by atoms with van der Waals surface area (Å²) in [4.78, 5) is 17.1. The van der Waals surface area contributed by atoms with Crippen LogP contribution in [0, 0.1) is 0 Å². The molecular weight excluding hydrogens is 244 g/mol. The average molecular weight is 260 g/mol. The molecule has 0 atom stereocenters. The minimum Gasteiger partial charge on any atom is -0.476 e. The molecule has 0 aromatic carbocycles. The SMILES string of the molecule is O=C(O)c1cn2nc(N3CCCCCC3)ccc2n1. The molecular formula is C13H16N4O2. The first kappa shape index (κ1) is 12.0. The molecule has 0 amide bonds. The molecule has 1 fully saturated rings. The molecule has 1 saturated heterocycles. The van der Waals surface area contributed by atoms with Gasteiger partial charge in [0.1, 0.15) is 5.82 Å². The summed E-state index contributed by atoms with van der Waals surface area (Å²) in [7, 11) is 0. The standard InChI is InChI=1S/C13H16N4O2/c18-13(19)10-9-17-11(14-10)5-6-12(15-17)16-7-3-1-2-4-8-16/h5-6,9H,1-4,7-8H2,(H,18,19). The maximum atomic E-state index is 10.9. The van der Waals surface area contributed by atoms with Crippen molar-refractivity contribution in [3.63, 3.8) is 0 Å². The Hall–Kier alpha value is -2.11. The fourth-order valence-electron chi connectivity index (χ4n) is 2.44. The lowest BCUT2D eigenvalue weighted by Crippen LogP contribution is -2.25. The monoisotopic (exact) mass is 260 g/mol. The van der Waals surface area contributed by atoms with Gasteiger partial charge in [0.15, 0.2) is 11.3 Å². The third-order valence-electron chi connectivity index (χ3n) is 3.46. The zero-order chi connectivity index (χ0) is 13.2. The van der Waals surface area contributed by atoms with Gasteiger partial charge in [-0.1, -0.05) is 12.8 Å². The molecule has 0 aliphatic carbocycles. The highest BCUT2D eigenvalue weighted by molar-refractivity contribution is 5.86. The Bertz CT molecular complexity index is 600. The lowest BCUT2D eigenvalue weighted by atomic mass is 10.2. The van der Waals surface area contributed by atoms with Gasteiger partial charge >= 0.3 is 5.97 Å². The molecule has 1 aliphatic rings. The summed E-state index contributed by atoms with van der Waals surface area (Å²) in [5, 5.41) is 13.4. The van der Waals surface area contributed by atoms with Crippen molar-refractivity contribution in [3.8, 4) is 0 Å². The summed E-state index contributed by atoms with van der Waals surface area (Å²) in [6.45, 7) is 2.03. The molecule has 2 aromatic rings. The van der Waals surface area contributed by atoms with Crippen molar-refractivity contribution in [1.29, 1.82) is 0 Å². The Morgan fingerprint density at radius 3 is 2.58 bits per heavy atom. The molecule has 1 N–H and O–H groups in total. The molecule has 2 aromatic heterocycles. The number of carboxylic acid groups (broad SMARTS) is 1. The lowest BCUT2D eigenvalue weighted by Gasteiger charge is -2.20. The Balaban J connectivity index is 1.93. The van der Waals surface area contributed by atoms with E-state index in [1.807, 2.05) is 12.1 Å². The van der Waals surface area contributed by atoms with Crippen LogP contribution in [-0.2, 0) is 0 Å². The number of imidazole rings is 1. The van der Waals surface area contributed by atoms with Gasteiger partial charge in [-0.3, -0.25) is 0 Å². The smallest absolute Gasteiger partial charge is 0.356 e. The van der Waals surface area contributed by atoms with Crippen LogP contribution in [0.25, 0.3) is 5.65 Å². The molecule has 1 aliphatic heterocycles. The van der Waals surface area contributed by atoms with Gasteiger partial charge in [0.25, 0.3) is 0 Å². The van der Waals surface area contributed by atoms with E-state index in [-0.39, 0.29) is 5.69 Å².